The molecule has 0 amide bonds. The summed E-state index contributed by atoms with van der Waals surface area (Å²) < 4.78 is 49.6. The SMILES string of the molecule is COC(=O)Cc1ncc(OC(F)(F)F)c(OC)c1C. The second-order valence-corrected chi connectivity index (χ2v) is 3.53. The molecule has 0 saturated carbocycles. The van der Waals surface area contributed by atoms with Crippen molar-refractivity contribution >= 4 is 5.97 Å². The molecule has 5 nitrogen and oxygen atoms in total. The number of ether oxygens (including phenoxy) is 3. The number of alkyl halides is 3. The van der Waals surface area contributed by atoms with E-state index in [9.17, 15) is 18.0 Å². The smallest absolute Gasteiger partial charge is 0.492 e. The molecule has 1 heterocycles. The summed E-state index contributed by atoms with van der Waals surface area (Å²) >= 11 is 0. The molecule has 0 bridgehead atoms. The second kappa shape index (κ2) is 5.77. The van der Waals surface area contributed by atoms with Crippen molar-refractivity contribution in [1.29, 1.82) is 0 Å². The number of methoxy groups -OCH3 is 2. The summed E-state index contributed by atoms with van der Waals surface area (Å²) in [4.78, 5) is 14.9. The molecule has 0 aliphatic rings. The molecule has 0 N–H and O–H groups in total. The minimum atomic E-state index is -4.84. The van der Waals surface area contributed by atoms with E-state index in [0.717, 1.165) is 6.20 Å². The van der Waals surface area contributed by atoms with E-state index in [4.69, 9.17) is 4.74 Å². The van der Waals surface area contributed by atoms with Crippen LogP contribution < -0.4 is 9.47 Å². The molecular formula is C11H12F3NO4. The van der Waals surface area contributed by atoms with Crippen molar-refractivity contribution in [2.24, 2.45) is 0 Å². The van der Waals surface area contributed by atoms with Gasteiger partial charge >= 0.3 is 12.3 Å². The Kier molecular flexibility index (Phi) is 4.57. The van der Waals surface area contributed by atoms with Crippen LogP contribution in [0.4, 0.5) is 13.2 Å². The lowest BCUT2D eigenvalue weighted by atomic mass is 10.1. The quantitative estimate of drug-likeness (QED) is 0.789. The first-order chi connectivity index (χ1) is 8.78. The molecule has 0 aliphatic heterocycles. The number of esters is 1. The zero-order chi connectivity index (χ0) is 14.6. The van der Waals surface area contributed by atoms with Crippen molar-refractivity contribution in [3.8, 4) is 11.5 Å². The van der Waals surface area contributed by atoms with Crippen LogP contribution in [0.5, 0.6) is 11.5 Å². The van der Waals surface area contributed by atoms with Crippen molar-refractivity contribution in [2.45, 2.75) is 19.7 Å². The molecule has 0 spiro atoms. The molecule has 0 saturated heterocycles. The lowest BCUT2D eigenvalue weighted by molar-refractivity contribution is -0.275. The standard InChI is InChI=1S/C11H12F3NO4/c1-6-7(4-9(16)17-2)15-5-8(10(6)18-3)19-11(12,13)14/h5H,4H2,1-3H3. The molecule has 0 aromatic carbocycles. The van der Waals surface area contributed by atoms with Crippen molar-refractivity contribution in [2.75, 3.05) is 14.2 Å². The van der Waals surface area contributed by atoms with E-state index in [1.54, 1.807) is 0 Å². The molecule has 1 aromatic rings. The van der Waals surface area contributed by atoms with Gasteiger partial charge in [-0.3, -0.25) is 9.78 Å². The lowest BCUT2D eigenvalue weighted by Crippen LogP contribution is -2.18. The average Bonchev–Trinajstić information content (AvgIpc) is 2.31. The fraction of sp³-hybridized carbons (Fsp3) is 0.455. The molecule has 0 fully saturated rings. The van der Waals surface area contributed by atoms with Gasteiger partial charge in [-0.05, 0) is 6.92 Å². The topological polar surface area (TPSA) is 57.7 Å². The predicted octanol–water partition coefficient (Wildman–Crippen LogP) is 2.01. The Bertz CT molecular complexity index is 474. The molecule has 0 aliphatic carbocycles. The Labute approximate surface area is 107 Å². The Morgan fingerprint density at radius 2 is 2.00 bits per heavy atom. The van der Waals surface area contributed by atoms with Crippen LogP contribution >= 0.6 is 0 Å². The van der Waals surface area contributed by atoms with Crippen molar-refractivity contribution in [3.05, 3.63) is 17.5 Å². The van der Waals surface area contributed by atoms with E-state index in [1.165, 1.54) is 21.1 Å². The van der Waals surface area contributed by atoms with Crippen molar-refractivity contribution < 1.29 is 32.2 Å². The van der Waals surface area contributed by atoms with Gasteiger partial charge in [-0.1, -0.05) is 0 Å². The molecular weight excluding hydrogens is 267 g/mol. The van der Waals surface area contributed by atoms with E-state index >= 15 is 0 Å². The fourth-order valence-electron chi connectivity index (χ4n) is 1.45. The van der Waals surface area contributed by atoms with E-state index in [2.05, 4.69) is 14.5 Å². The Morgan fingerprint density at radius 1 is 1.37 bits per heavy atom. The fourth-order valence-corrected chi connectivity index (χ4v) is 1.45. The van der Waals surface area contributed by atoms with E-state index < -0.39 is 18.1 Å². The van der Waals surface area contributed by atoms with Crippen LogP contribution in [0.15, 0.2) is 6.20 Å². The highest BCUT2D eigenvalue weighted by molar-refractivity contribution is 5.72. The number of hydrogen-bond acceptors (Lipinski definition) is 5. The van der Waals surface area contributed by atoms with E-state index in [0.29, 0.717) is 0 Å². The molecule has 1 aromatic heterocycles. The highest BCUT2D eigenvalue weighted by atomic mass is 19.4. The van der Waals surface area contributed by atoms with Gasteiger partial charge in [0.25, 0.3) is 0 Å². The largest absolute Gasteiger partial charge is 0.573 e. The van der Waals surface area contributed by atoms with Crippen LogP contribution in [0, 0.1) is 6.92 Å². The molecule has 8 heteroatoms. The lowest BCUT2D eigenvalue weighted by Gasteiger charge is -2.15. The minimum Gasteiger partial charge on any atom is -0.492 e. The van der Waals surface area contributed by atoms with E-state index in [1.807, 2.05) is 0 Å². The summed E-state index contributed by atoms with van der Waals surface area (Å²) in [6, 6.07) is 0. The molecule has 0 radical (unpaired) electrons. The predicted molar refractivity (Wildman–Crippen MR) is 57.9 cm³/mol. The Morgan fingerprint density at radius 3 is 2.47 bits per heavy atom. The average molecular weight is 279 g/mol. The van der Waals surface area contributed by atoms with Gasteiger partial charge in [0.1, 0.15) is 0 Å². The number of carbonyl (C=O) groups excluding carboxylic acids is 1. The maximum atomic E-state index is 12.2. The molecule has 0 atom stereocenters. The number of nitrogens with zero attached hydrogens (tertiary/aromatic N) is 1. The highest BCUT2D eigenvalue weighted by Crippen LogP contribution is 2.35. The monoisotopic (exact) mass is 279 g/mol. The number of aromatic nitrogens is 1. The Hall–Kier alpha value is -1.99. The molecule has 0 unspecified atom stereocenters. The third-order valence-corrected chi connectivity index (χ3v) is 2.30. The first kappa shape index (κ1) is 15.1. The summed E-state index contributed by atoms with van der Waals surface area (Å²) in [6.07, 6.45) is -4.14. The normalized spacial score (nSPS) is 11.1. The summed E-state index contributed by atoms with van der Waals surface area (Å²) in [6.45, 7) is 1.48. The van der Waals surface area contributed by atoms with Crippen LogP contribution in [-0.4, -0.2) is 31.5 Å². The highest BCUT2D eigenvalue weighted by Gasteiger charge is 2.33. The number of halogens is 3. The Balaban J connectivity index is 3.12. The van der Waals surface area contributed by atoms with Crippen LogP contribution in [0.1, 0.15) is 11.3 Å². The summed E-state index contributed by atoms with van der Waals surface area (Å²) in [5.74, 6) is -1.23. The van der Waals surface area contributed by atoms with Gasteiger partial charge in [0.15, 0.2) is 11.5 Å². The van der Waals surface area contributed by atoms with Crippen molar-refractivity contribution in [1.82, 2.24) is 4.98 Å². The van der Waals surface area contributed by atoms with Gasteiger partial charge in [-0.15, -0.1) is 13.2 Å². The summed E-state index contributed by atoms with van der Waals surface area (Å²) in [5, 5.41) is 0. The third-order valence-electron chi connectivity index (χ3n) is 2.30. The first-order valence-corrected chi connectivity index (χ1v) is 5.13. The number of rotatable bonds is 4. The summed E-state index contributed by atoms with van der Waals surface area (Å²) in [7, 11) is 2.41. The molecule has 19 heavy (non-hydrogen) atoms. The number of carbonyl (C=O) groups is 1. The van der Waals surface area contributed by atoms with Gasteiger partial charge in [0.05, 0.1) is 32.5 Å². The zero-order valence-electron chi connectivity index (χ0n) is 10.5. The van der Waals surface area contributed by atoms with Crippen LogP contribution in [0.25, 0.3) is 0 Å². The van der Waals surface area contributed by atoms with Crippen LogP contribution in [0.2, 0.25) is 0 Å². The van der Waals surface area contributed by atoms with E-state index in [-0.39, 0.29) is 23.4 Å². The number of hydrogen-bond donors (Lipinski definition) is 0. The maximum Gasteiger partial charge on any atom is 0.573 e. The third kappa shape index (κ3) is 4.01. The maximum absolute atomic E-state index is 12.2. The van der Waals surface area contributed by atoms with Gasteiger partial charge in [0, 0.05) is 5.56 Å². The van der Waals surface area contributed by atoms with Crippen molar-refractivity contribution in [3.63, 3.8) is 0 Å². The molecule has 1 rings (SSSR count). The number of pyridine rings is 1. The first-order valence-electron chi connectivity index (χ1n) is 5.13. The zero-order valence-corrected chi connectivity index (χ0v) is 10.5. The van der Waals surface area contributed by atoms with Gasteiger partial charge in [-0.25, -0.2) is 0 Å². The molecule has 106 valence electrons. The van der Waals surface area contributed by atoms with Gasteiger partial charge < -0.3 is 14.2 Å². The van der Waals surface area contributed by atoms with Crippen LogP contribution in [0.3, 0.4) is 0 Å². The van der Waals surface area contributed by atoms with Gasteiger partial charge in [-0.2, -0.15) is 0 Å². The minimum absolute atomic E-state index is 0.119. The van der Waals surface area contributed by atoms with Gasteiger partial charge in [0.2, 0.25) is 0 Å². The summed E-state index contributed by atoms with van der Waals surface area (Å²) in [5.41, 5.74) is 0.549. The van der Waals surface area contributed by atoms with Crippen LogP contribution in [-0.2, 0) is 16.0 Å². The second-order valence-electron chi connectivity index (χ2n) is 3.53.